The van der Waals surface area contributed by atoms with Gasteiger partial charge >= 0.3 is 0 Å². The van der Waals surface area contributed by atoms with Gasteiger partial charge in [-0.15, -0.1) is 0 Å². The molecule has 27 heavy (non-hydrogen) atoms. The molecule has 0 unspecified atom stereocenters. The summed E-state index contributed by atoms with van der Waals surface area (Å²) >= 11 is 6.11. The number of benzene rings is 2. The maximum absolute atomic E-state index is 13.5. The van der Waals surface area contributed by atoms with E-state index in [-0.39, 0.29) is 11.7 Å². The van der Waals surface area contributed by atoms with Crippen molar-refractivity contribution in [1.82, 2.24) is 4.90 Å². The molecule has 0 radical (unpaired) electrons. The quantitative estimate of drug-likeness (QED) is 0.797. The number of ether oxygens (including phenoxy) is 1. The summed E-state index contributed by atoms with van der Waals surface area (Å²) in [5, 5.41) is 0.625. The maximum atomic E-state index is 13.5. The minimum Gasteiger partial charge on any atom is -0.496 e. The SMILES string of the molecule is COc1ccc(F)cc1C[NH+]1CCN(C(=O)/C=C/c2ccccc2Cl)CC1. The first-order valence-corrected chi connectivity index (χ1v) is 9.32. The smallest absolute Gasteiger partial charge is 0.246 e. The van der Waals surface area contributed by atoms with Gasteiger partial charge in [0.15, 0.2) is 0 Å². The highest BCUT2D eigenvalue weighted by Crippen LogP contribution is 2.18. The minimum atomic E-state index is -0.260. The van der Waals surface area contributed by atoms with E-state index in [0.717, 1.165) is 24.2 Å². The van der Waals surface area contributed by atoms with Gasteiger partial charge in [0.25, 0.3) is 0 Å². The van der Waals surface area contributed by atoms with E-state index in [2.05, 4.69) is 0 Å². The molecule has 0 aromatic heterocycles. The van der Waals surface area contributed by atoms with E-state index in [9.17, 15) is 9.18 Å². The van der Waals surface area contributed by atoms with Crippen molar-refractivity contribution in [1.29, 1.82) is 0 Å². The molecule has 142 valence electrons. The largest absolute Gasteiger partial charge is 0.496 e. The van der Waals surface area contributed by atoms with Gasteiger partial charge in [-0.25, -0.2) is 4.39 Å². The molecule has 1 heterocycles. The summed E-state index contributed by atoms with van der Waals surface area (Å²) in [6.07, 6.45) is 3.32. The molecule has 1 aliphatic rings. The Hall–Kier alpha value is -2.37. The molecule has 0 saturated carbocycles. The van der Waals surface area contributed by atoms with E-state index >= 15 is 0 Å². The Morgan fingerprint density at radius 3 is 2.70 bits per heavy atom. The Morgan fingerprint density at radius 1 is 1.26 bits per heavy atom. The fourth-order valence-corrected chi connectivity index (χ4v) is 3.45. The number of nitrogens with one attached hydrogen (secondary N) is 1. The van der Waals surface area contributed by atoms with Crippen LogP contribution in [-0.4, -0.2) is 44.1 Å². The molecule has 1 saturated heterocycles. The third-order valence-electron chi connectivity index (χ3n) is 4.78. The molecule has 2 aromatic rings. The first-order chi connectivity index (χ1) is 13.1. The number of quaternary nitrogens is 1. The van der Waals surface area contributed by atoms with E-state index in [1.54, 1.807) is 31.4 Å². The summed E-state index contributed by atoms with van der Waals surface area (Å²) < 4.78 is 18.8. The molecule has 6 heteroatoms. The molecule has 1 aliphatic heterocycles. The van der Waals surface area contributed by atoms with Gasteiger partial charge in [-0.3, -0.25) is 4.79 Å². The van der Waals surface area contributed by atoms with Crippen molar-refractivity contribution in [2.75, 3.05) is 33.3 Å². The number of amides is 1. The first-order valence-electron chi connectivity index (χ1n) is 8.94. The number of rotatable bonds is 5. The average Bonchev–Trinajstić information content (AvgIpc) is 2.68. The van der Waals surface area contributed by atoms with Crippen LogP contribution in [0.3, 0.4) is 0 Å². The molecule has 0 bridgehead atoms. The third kappa shape index (κ3) is 5.08. The van der Waals surface area contributed by atoms with Gasteiger partial charge < -0.3 is 14.5 Å². The van der Waals surface area contributed by atoms with Crippen LogP contribution in [0.25, 0.3) is 6.08 Å². The number of hydrogen-bond acceptors (Lipinski definition) is 2. The number of nitrogens with zero attached hydrogens (tertiary/aromatic N) is 1. The van der Waals surface area contributed by atoms with Crippen LogP contribution in [0.1, 0.15) is 11.1 Å². The highest BCUT2D eigenvalue weighted by atomic mass is 35.5. The normalized spacial score (nSPS) is 15.3. The molecule has 2 aromatic carbocycles. The second-order valence-electron chi connectivity index (χ2n) is 6.56. The van der Waals surface area contributed by atoms with Crippen LogP contribution in [0, 0.1) is 5.82 Å². The molecule has 1 fully saturated rings. The summed E-state index contributed by atoms with van der Waals surface area (Å²) in [7, 11) is 1.59. The lowest BCUT2D eigenvalue weighted by molar-refractivity contribution is -0.917. The number of hydrogen-bond donors (Lipinski definition) is 1. The lowest BCUT2D eigenvalue weighted by Crippen LogP contribution is -3.13. The van der Waals surface area contributed by atoms with Crippen molar-refractivity contribution in [2.45, 2.75) is 6.54 Å². The summed E-state index contributed by atoms with van der Waals surface area (Å²) in [5.74, 6) is 0.422. The number of halogens is 2. The lowest BCUT2D eigenvalue weighted by Gasteiger charge is -2.32. The average molecular weight is 390 g/mol. The van der Waals surface area contributed by atoms with Crippen LogP contribution in [0.15, 0.2) is 48.5 Å². The Bertz CT molecular complexity index is 833. The second-order valence-corrected chi connectivity index (χ2v) is 6.97. The lowest BCUT2D eigenvalue weighted by atomic mass is 10.1. The van der Waals surface area contributed by atoms with Crippen molar-refractivity contribution < 1.29 is 18.8 Å². The zero-order chi connectivity index (χ0) is 19.2. The molecular weight excluding hydrogens is 367 g/mol. The monoisotopic (exact) mass is 389 g/mol. The van der Waals surface area contributed by atoms with Gasteiger partial charge in [-0.2, -0.15) is 0 Å². The predicted octanol–water partition coefficient (Wildman–Crippen LogP) is 2.43. The molecule has 4 nitrogen and oxygen atoms in total. The van der Waals surface area contributed by atoms with E-state index < -0.39 is 0 Å². The fraction of sp³-hybridized carbons (Fsp3) is 0.286. The summed E-state index contributed by atoms with van der Waals surface area (Å²) in [6, 6.07) is 12.0. The van der Waals surface area contributed by atoms with Crippen LogP contribution >= 0.6 is 11.6 Å². The van der Waals surface area contributed by atoms with E-state index in [1.165, 1.54) is 17.0 Å². The van der Waals surface area contributed by atoms with Gasteiger partial charge in [0, 0.05) is 11.1 Å². The Labute approximate surface area is 163 Å². The summed E-state index contributed by atoms with van der Waals surface area (Å²) in [5.41, 5.74) is 1.68. The van der Waals surface area contributed by atoms with Crippen LogP contribution in [-0.2, 0) is 11.3 Å². The zero-order valence-corrected chi connectivity index (χ0v) is 16.0. The highest BCUT2D eigenvalue weighted by molar-refractivity contribution is 6.32. The fourth-order valence-electron chi connectivity index (χ4n) is 3.25. The number of carbonyl (C=O) groups is 1. The third-order valence-corrected chi connectivity index (χ3v) is 5.12. The van der Waals surface area contributed by atoms with Crippen molar-refractivity contribution in [3.63, 3.8) is 0 Å². The Kier molecular flexibility index (Phi) is 6.48. The van der Waals surface area contributed by atoms with Crippen molar-refractivity contribution in [3.8, 4) is 5.75 Å². The molecule has 0 aliphatic carbocycles. The van der Waals surface area contributed by atoms with Gasteiger partial charge in [0.1, 0.15) is 18.1 Å². The molecule has 1 amide bonds. The molecule has 0 spiro atoms. The van der Waals surface area contributed by atoms with E-state index in [4.69, 9.17) is 16.3 Å². The van der Waals surface area contributed by atoms with Gasteiger partial charge in [0.05, 0.1) is 38.9 Å². The van der Waals surface area contributed by atoms with Crippen LogP contribution in [0.4, 0.5) is 4.39 Å². The van der Waals surface area contributed by atoms with Crippen LogP contribution in [0.2, 0.25) is 5.02 Å². The first kappa shape index (κ1) is 19.4. The predicted molar refractivity (Wildman–Crippen MR) is 104 cm³/mol. The van der Waals surface area contributed by atoms with Crippen LogP contribution < -0.4 is 9.64 Å². The number of methoxy groups -OCH3 is 1. The van der Waals surface area contributed by atoms with Crippen molar-refractivity contribution in [3.05, 3.63) is 70.5 Å². The minimum absolute atomic E-state index is 0.0164. The molecule has 3 rings (SSSR count). The number of carbonyl (C=O) groups excluding carboxylic acids is 1. The Morgan fingerprint density at radius 2 is 2.00 bits per heavy atom. The summed E-state index contributed by atoms with van der Waals surface area (Å²) in [6.45, 7) is 3.63. The van der Waals surface area contributed by atoms with Crippen LogP contribution in [0.5, 0.6) is 5.75 Å². The van der Waals surface area contributed by atoms with Crippen molar-refractivity contribution >= 4 is 23.6 Å². The van der Waals surface area contributed by atoms with Crippen molar-refractivity contribution in [2.24, 2.45) is 0 Å². The topological polar surface area (TPSA) is 34.0 Å². The van der Waals surface area contributed by atoms with E-state index in [0.29, 0.717) is 30.4 Å². The maximum Gasteiger partial charge on any atom is 0.246 e. The Balaban J connectivity index is 1.55. The second kappa shape index (κ2) is 9.02. The number of piperazine rings is 1. The molecule has 1 N–H and O–H groups in total. The van der Waals surface area contributed by atoms with Gasteiger partial charge in [0.2, 0.25) is 5.91 Å². The van der Waals surface area contributed by atoms with Gasteiger partial charge in [-0.1, -0.05) is 29.8 Å². The molecular formula is C21H23ClFN2O2+. The van der Waals surface area contributed by atoms with E-state index in [1.807, 2.05) is 23.1 Å². The van der Waals surface area contributed by atoms with Gasteiger partial charge in [-0.05, 0) is 35.9 Å². The molecule has 0 atom stereocenters. The highest BCUT2D eigenvalue weighted by Gasteiger charge is 2.23. The standard InChI is InChI=1S/C21H22ClFN2O2/c1-27-20-8-7-18(23)14-17(20)15-24-10-12-25(13-11-24)21(26)9-6-16-4-2-3-5-19(16)22/h2-9,14H,10-13,15H2,1H3/p+1/b9-6+. The summed E-state index contributed by atoms with van der Waals surface area (Å²) in [4.78, 5) is 15.5. The zero-order valence-electron chi connectivity index (χ0n) is 15.3.